The van der Waals surface area contributed by atoms with Crippen molar-refractivity contribution in [1.82, 2.24) is 10.2 Å². The number of carbonyl (C=O) groups is 2. The van der Waals surface area contributed by atoms with Crippen LogP contribution in [0.25, 0.3) is 10.8 Å². The van der Waals surface area contributed by atoms with Crippen molar-refractivity contribution in [1.29, 1.82) is 0 Å². The molecule has 6 rings (SSSR count). The first-order valence-electron chi connectivity index (χ1n) is 14.8. The molecule has 0 spiro atoms. The van der Waals surface area contributed by atoms with Gasteiger partial charge >= 0.3 is 0 Å². The lowest BCUT2D eigenvalue weighted by Crippen LogP contribution is -2.35. The van der Waals surface area contributed by atoms with E-state index in [2.05, 4.69) is 70.9 Å². The van der Waals surface area contributed by atoms with E-state index in [1.807, 2.05) is 30.3 Å². The molecule has 0 bridgehead atoms. The van der Waals surface area contributed by atoms with Crippen molar-refractivity contribution in [2.45, 2.75) is 44.4 Å². The number of ketones is 1. The van der Waals surface area contributed by atoms with Gasteiger partial charge in [0.25, 0.3) is 5.91 Å². The van der Waals surface area contributed by atoms with Crippen LogP contribution in [0.1, 0.15) is 69.0 Å². The summed E-state index contributed by atoms with van der Waals surface area (Å²) in [5.41, 5.74) is 5.14. The van der Waals surface area contributed by atoms with Crippen molar-refractivity contribution < 1.29 is 9.59 Å². The Labute approximate surface area is 237 Å². The third-order valence-electron chi connectivity index (χ3n) is 8.93. The number of likely N-dealkylation sites (tertiary alicyclic amines) is 1. The quantitative estimate of drug-likeness (QED) is 0.272. The summed E-state index contributed by atoms with van der Waals surface area (Å²) in [5, 5.41) is 5.51. The van der Waals surface area contributed by atoms with Gasteiger partial charge in [0, 0.05) is 23.6 Å². The Kier molecular flexibility index (Phi) is 8.06. The minimum Gasteiger partial charge on any atom is -0.352 e. The van der Waals surface area contributed by atoms with Crippen LogP contribution in [0.15, 0.2) is 91.0 Å². The standard InChI is InChI=1S/C36H38N2O2/c39-35-30(19-23-38-21-17-29(18-22-38)27-6-2-1-3-7-27)12-13-32-25-33(14-15-34(32)35)36(40)37-20-16-26-10-11-28-8-4-5-9-31(28)24-26/h1-11,14-15,24-25,29-30H,12-13,16-23H2,(H,37,40). The molecule has 1 aliphatic carbocycles. The molecule has 1 fully saturated rings. The lowest BCUT2D eigenvalue weighted by Gasteiger charge is -2.33. The van der Waals surface area contributed by atoms with Gasteiger partial charge in [0.15, 0.2) is 5.78 Å². The third-order valence-corrected chi connectivity index (χ3v) is 8.93. The fraction of sp³-hybridized carbons (Fsp3) is 0.333. The van der Waals surface area contributed by atoms with Gasteiger partial charge in [-0.05, 0) is 104 Å². The zero-order valence-corrected chi connectivity index (χ0v) is 23.1. The molecule has 204 valence electrons. The largest absolute Gasteiger partial charge is 0.352 e. The average molecular weight is 531 g/mol. The molecule has 1 saturated heterocycles. The third kappa shape index (κ3) is 6.03. The van der Waals surface area contributed by atoms with Gasteiger partial charge in [-0.2, -0.15) is 0 Å². The molecular weight excluding hydrogens is 492 g/mol. The molecule has 1 amide bonds. The monoisotopic (exact) mass is 530 g/mol. The van der Waals surface area contributed by atoms with Crippen LogP contribution >= 0.6 is 0 Å². The molecule has 2 aliphatic rings. The highest BCUT2D eigenvalue weighted by Crippen LogP contribution is 2.31. The lowest BCUT2D eigenvalue weighted by atomic mass is 9.80. The zero-order valence-electron chi connectivity index (χ0n) is 23.1. The van der Waals surface area contributed by atoms with Crippen molar-refractivity contribution in [2.75, 3.05) is 26.2 Å². The number of hydrogen-bond donors (Lipinski definition) is 1. The molecule has 1 N–H and O–H groups in total. The van der Waals surface area contributed by atoms with Gasteiger partial charge in [-0.25, -0.2) is 0 Å². The number of aryl methyl sites for hydroxylation is 1. The van der Waals surface area contributed by atoms with Gasteiger partial charge in [-0.3, -0.25) is 9.59 Å². The number of amides is 1. The zero-order chi connectivity index (χ0) is 27.3. The summed E-state index contributed by atoms with van der Waals surface area (Å²) in [6.45, 7) is 3.79. The van der Waals surface area contributed by atoms with Crippen LogP contribution in [-0.4, -0.2) is 42.8 Å². The van der Waals surface area contributed by atoms with Crippen LogP contribution < -0.4 is 5.32 Å². The van der Waals surface area contributed by atoms with E-state index < -0.39 is 0 Å². The van der Waals surface area contributed by atoms with Gasteiger partial charge in [-0.15, -0.1) is 0 Å². The van der Waals surface area contributed by atoms with Crippen LogP contribution in [-0.2, 0) is 12.8 Å². The summed E-state index contributed by atoms with van der Waals surface area (Å²) >= 11 is 0. The molecule has 0 radical (unpaired) electrons. The van der Waals surface area contributed by atoms with E-state index in [0.717, 1.165) is 56.4 Å². The van der Waals surface area contributed by atoms with E-state index in [-0.39, 0.29) is 17.6 Å². The molecule has 4 aromatic rings. The first-order chi connectivity index (χ1) is 19.6. The Hall–Kier alpha value is -3.76. The minimum atomic E-state index is -0.0722. The van der Waals surface area contributed by atoms with Crippen LogP contribution in [0, 0.1) is 5.92 Å². The summed E-state index contributed by atoms with van der Waals surface area (Å²) in [6.07, 6.45) is 5.83. The molecule has 1 unspecified atom stereocenters. The number of Topliss-reactive ketones (excluding diaryl/α,β-unsaturated/α-hetero) is 1. The van der Waals surface area contributed by atoms with Gasteiger partial charge in [0.2, 0.25) is 0 Å². The normalized spacial score (nSPS) is 18.0. The highest BCUT2D eigenvalue weighted by Gasteiger charge is 2.29. The Morgan fingerprint density at radius 2 is 1.60 bits per heavy atom. The predicted molar refractivity (Wildman–Crippen MR) is 162 cm³/mol. The Morgan fingerprint density at radius 3 is 2.42 bits per heavy atom. The fourth-order valence-electron chi connectivity index (χ4n) is 6.51. The Balaban J connectivity index is 0.982. The maximum atomic E-state index is 13.3. The maximum Gasteiger partial charge on any atom is 0.251 e. The van der Waals surface area contributed by atoms with E-state index in [1.165, 1.54) is 34.7 Å². The van der Waals surface area contributed by atoms with E-state index >= 15 is 0 Å². The Bertz CT molecular complexity index is 1490. The molecule has 40 heavy (non-hydrogen) atoms. The van der Waals surface area contributed by atoms with Crippen molar-refractivity contribution in [2.24, 2.45) is 5.92 Å². The second-order valence-electron chi connectivity index (χ2n) is 11.5. The van der Waals surface area contributed by atoms with Crippen molar-refractivity contribution >= 4 is 22.5 Å². The first-order valence-corrected chi connectivity index (χ1v) is 14.8. The molecule has 1 atom stereocenters. The molecule has 4 heteroatoms. The van der Waals surface area contributed by atoms with Crippen molar-refractivity contribution in [3.63, 3.8) is 0 Å². The van der Waals surface area contributed by atoms with Crippen molar-refractivity contribution in [3.8, 4) is 0 Å². The highest BCUT2D eigenvalue weighted by molar-refractivity contribution is 6.02. The topological polar surface area (TPSA) is 49.4 Å². The van der Waals surface area contributed by atoms with E-state index in [9.17, 15) is 9.59 Å². The summed E-state index contributed by atoms with van der Waals surface area (Å²) in [6, 6.07) is 31.3. The van der Waals surface area contributed by atoms with Crippen molar-refractivity contribution in [3.05, 3.63) is 119 Å². The van der Waals surface area contributed by atoms with Crippen LogP contribution in [0.3, 0.4) is 0 Å². The molecule has 4 nitrogen and oxygen atoms in total. The molecule has 1 aliphatic heterocycles. The van der Waals surface area contributed by atoms with Crippen LogP contribution in [0.5, 0.6) is 0 Å². The number of rotatable bonds is 8. The summed E-state index contributed by atoms with van der Waals surface area (Å²) in [5.74, 6) is 0.924. The molecular formula is C36H38N2O2. The van der Waals surface area contributed by atoms with E-state index in [1.54, 1.807) is 0 Å². The minimum absolute atomic E-state index is 0.0722. The number of hydrogen-bond acceptors (Lipinski definition) is 3. The number of benzene rings is 4. The number of carbonyl (C=O) groups excluding carboxylic acids is 2. The van der Waals surface area contributed by atoms with E-state index in [0.29, 0.717) is 18.0 Å². The Morgan fingerprint density at radius 1 is 0.825 bits per heavy atom. The SMILES string of the molecule is O=C(NCCc1ccc2ccccc2c1)c1ccc2c(c1)CCC(CCN1CCC(c3ccccc3)CC1)C2=O. The van der Waals surface area contributed by atoms with Gasteiger partial charge in [-0.1, -0.05) is 78.9 Å². The second kappa shape index (κ2) is 12.2. The smallest absolute Gasteiger partial charge is 0.251 e. The van der Waals surface area contributed by atoms with Gasteiger partial charge in [0.05, 0.1) is 0 Å². The predicted octanol–water partition coefficient (Wildman–Crippen LogP) is 6.83. The number of nitrogens with zero attached hydrogens (tertiary/aromatic N) is 1. The fourth-order valence-corrected chi connectivity index (χ4v) is 6.51. The molecule has 0 aromatic heterocycles. The highest BCUT2D eigenvalue weighted by atomic mass is 16.1. The summed E-state index contributed by atoms with van der Waals surface area (Å²) < 4.78 is 0. The molecule has 1 heterocycles. The van der Waals surface area contributed by atoms with Crippen LogP contribution in [0.4, 0.5) is 0 Å². The number of fused-ring (bicyclic) bond motifs is 2. The average Bonchev–Trinajstić information content (AvgIpc) is 3.01. The molecule has 4 aromatic carbocycles. The lowest BCUT2D eigenvalue weighted by molar-refractivity contribution is 0.0875. The summed E-state index contributed by atoms with van der Waals surface area (Å²) in [4.78, 5) is 28.7. The number of nitrogens with one attached hydrogen (secondary N) is 1. The van der Waals surface area contributed by atoms with Gasteiger partial charge in [0.1, 0.15) is 0 Å². The van der Waals surface area contributed by atoms with E-state index in [4.69, 9.17) is 0 Å². The summed E-state index contributed by atoms with van der Waals surface area (Å²) in [7, 11) is 0. The first kappa shape index (κ1) is 26.5. The number of piperidine rings is 1. The second-order valence-corrected chi connectivity index (χ2v) is 11.5. The molecule has 0 saturated carbocycles. The maximum absolute atomic E-state index is 13.3. The van der Waals surface area contributed by atoms with Gasteiger partial charge < -0.3 is 10.2 Å². The van der Waals surface area contributed by atoms with Crippen LogP contribution in [0.2, 0.25) is 0 Å².